The molecule has 19 heavy (non-hydrogen) atoms. The Labute approximate surface area is 117 Å². The molecular formula is C12H28N4O2S. The van der Waals surface area contributed by atoms with Gasteiger partial charge in [-0.25, -0.2) is 4.72 Å². The van der Waals surface area contributed by atoms with E-state index >= 15 is 0 Å². The molecule has 2 N–H and O–H groups in total. The van der Waals surface area contributed by atoms with Gasteiger partial charge < -0.3 is 10.2 Å². The number of likely N-dealkylation sites (N-methyl/N-ethyl adjacent to an activating group) is 1. The van der Waals surface area contributed by atoms with Crippen LogP contribution >= 0.6 is 0 Å². The van der Waals surface area contributed by atoms with E-state index in [9.17, 15) is 8.42 Å². The molecule has 1 aliphatic rings. The van der Waals surface area contributed by atoms with Gasteiger partial charge in [0.15, 0.2) is 0 Å². The lowest BCUT2D eigenvalue weighted by Crippen LogP contribution is -2.42. The summed E-state index contributed by atoms with van der Waals surface area (Å²) in [6.45, 7) is 5.60. The fourth-order valence-corrected chi connectivity index (χ4v) is 2.59. The second kappa shape index (κ2) is 8.16. The van der Waals surface area contributed by atoms with Crippen molar-refractivity contribution in [2.45, 2.75) is 32.2 Å². The molecule has 0 atom stereocenters. The Bertz CT molecular complexity index is 344. The van der Waals surface area contributed by atoms with Gasteiger partial charge in [-0.3, -0.25) is 0 Å². The summed E-state index contributed by atoms with van der Waals surface area (Å²) in [6, 6.07) is 0.685. The lowest BCUT2D eigenvalue weighted by molar-refractivity contribution is 0.355. The third kappa shape index (κ3) is 7.22. The Morgan fingerprint density at radius 1 is 1.16 bits per heavy atom. The highest BCUT2D eigenvalue weighted by Gasteiger charge is 2.20. The van der Waals surface area contributed by atoms with Gasteiger partial charge in [0.1, 0.15) is 0 Å². The van der Waals surface area contributed by atoms with E-state index in [1.54, 1.807) is 7.05 Å². The molecule has 0 amide bonds. The maximum absolute atomic E-state index is 11.9. The molecule has 0 radical (unpaired) electrons. The van der Waals surface area contributed by atoms with Crippen molar-refractivity contribution in [3.05, 3.63) is 0 Å². The number of hydrogen-bond donors (Lipinski definition) is 2. The van der Waals surface area contributed by atoms with Crippen LogP contribution in [0.5, 0.6) is 0 Å². The number of nitrogens with one attached hydrogen (secondary N) is 2. The SMILES string of the molecule is CCN(C)CCNS(=O)(=O)N(C)CCCNC1CC1. The molecule has 0 spiro atoms. The van der Waals surface area contributed by atoms with Gasteiger partial charge in [-0.2, -0.15) is 12.7 Å². The topological polar surface area (TPSA) is 64.7 Å². The van der Waals surface area contributed by atoms with Crippen LogP contribution in [0.2, 0.25) is 0 Å². The molecule has 114 valence electrons. The first kappa shape index (κ1) is 16.8. The van der Waals surface area contributed by atoms with Crippen LogP contribution in [0.15, 0.2) is 0 Å². The molecule has 0 saturated heterocycles. The van der Waals surface area contributed by atoms with Crippen molar-refractivity contribution in [2.24, 2.45) is 0 Å². The highest BCUT2D eigenvalue weighted by atomic mass is 32.2. The summed E-state index contributed by atoms with van der Waals surface area (Å²) in [5.74, 6) is 0. The zero-order valence-electron chi connectivity index (χ0n) is 12.4. The summed E-state index contributed by atoms with van der Waals surface area (Å²) in [5, 5.41) is 3.38. The van der Waals surface area contributed by atoms with Crippen molar-refractivity contribution in [1.29, 1.82) is 0 Å². The molecule has 0 unspecified atom stereocenters. The van der Waals surface area contributed by atoms with E-state index in [4.69, 9.17) is 0 Å². The van der Waals surface area contributed by atoms with Gasteiger partial charge in [-0.1, -0.05) is 6.92 Å². The monoisotopic (exact) mass is 292 g/mol. The van der Waals surface area contributed by atoms with E-state index in [2.05, 4.69) is 14.9 Å². The molecule has 1 aliphatic carbocycles. The van der Waals surface area contributed by atoms with E-state index in [1.807, 2.05) is 14.0 Å². The maximum atomic E-state index is 11.9. The van der Waals surface area contributed by atoms with Crippen molar-refractivity contribution in [3.8, 4) is 0 Å². The number of rotatable bonds is 11. The summed E-state index contributed by atoms with van der Waals surface area (Å²) in [5.41, 5.74) is 0. The van der Waals surface area contributed by atoms with Gasteiger partial charge in [0.2, 0.25) is 0 Å². The second-order valence-corrected chi connectivity index (χ2v) is 7.06. The quantitative estimate of drug-likeness (QED) is 0.520. The minimum absolute atomic E-state index is 0.456. The molecular weight excluding hydrogens is 264 g/mol. The zero-order chi connectivity index (χ0) is 14.3. The van der Waals surface area contributed by atoms with Gasteiger partial charge in [0.05, 0.1) is 0 Å². The van der Waals surface area contributed by atoms with E-state index in [0.29, 0.717) is 19.1 Å². The standard InChI is InChI=1S/C12H28N4O2S/c1-4-15(2)11-9-14-19(17,18)16(3)10-5-8-13-12-6-7-12/h12-14H,4-11H2,1-3H3. The molecule has 6 nitrogen and oxygen atoms in total. The molecule has 0 aliphatic heterocycles. The highest BCUT2D eigenvalue weighted by Crippen LogP contribution is 2.18. The molecule has 7 heteroatoms. The van der Waals surface area contributed by atoms with Crippen molar-refractivity contribution in [3.63, 3.8) is 0 Å². The molecule has 0 bridgehead atoms. The molecule has 1 rings (SSSR count). The number of hydrogen-bond acceptors (Lipinski definition) is 4. The zero-order valence-corrected chi connectivity index (χ0v) is 13.2. The maximum Gasteiger partial charge on any atom is 0.279 e. The van der Waals surface area contributed by atoms with E-state index in [-0.39, 0.29) is 0 Å². The minimum Gasteiger partial charge on any atom is -0.314 e. The molecule has 0 aromatic carbocycles. The summed E-state index contributed by atoms with van der Waals surface area (Å²) < 4.78 is 27.9. The Kier molecular flexibility index (Phi) is 7.23. The van der Waals surface area contributed by atoms with Crippen LogP contribution < -0.4 is 10.0 Å². The van der Waals surface area contributed by atoms with Crippen LogP contribution in [0.25, 0.3) is 0 Å². The second-order valence-electron chi connectivity index (χ2n) is 5.20. The minimum atomic E-state index is -3.32. The van der Waals surface area contributed by atoms with Crippen LogP contribution in [0, 0.1) is 0 Å². The van der Waals surface area contributed by atoms with Crippen molar-refractivity contribution >= 4 is 10.2 Å². The lowest BCUT2D eigenvalue weighted by Gasteiger charge is -2.19. The predicted molar refractivity (Wildman–Crippen MR) is 78.4 cm³/mol. The van der Waals surface area contributed by atoms with Gasteiger partial charge in [-0.15, -0.1) is 0 Å². The average Bonchev–Trinajstić information content (AvgIpc) is 3.17. The van der Waals surface area contributed by atoms with Gasteiger partial charge in [0.25, 0.3) is 10.2 Å². The van der Waals surface area contributed by atoms with Gasteiger partial charge in [-0.05, 0) is 39.4 Å². The Morgan fingerprint density at radius 2 is 1.84 bits per heavy atom. The average molecular weight is 292 g/mol. The molecule has 0 heterocycles. The molecule has 1 fully saturated rings. The van der Waals surface area contributed by atoms with Gasteiger partial charge in [0, 0.05) is 32.7 Å². The van der Waals surface area contributed by atoms with Crippen molar-refractivity contribution in [2.75, 3.05) is 46.8 Å². The Morgan fingerprint density at radius 3 is 2.42 bits per heavy atom. The third-order valence-electron chi connectivity index (χ3n) is 3.39. The van der Waals surface area contributed by atoms with Crippen LogP contribution in [0.4, 0.5) is 0 Å². The summed E-state index contributed by atoms with van der Waals surface area (Å²) in [7, 11) is 0.281. The molecule has 0 aromatic heterocycles. The van der Waals surface area contributed by atoms with E-state index in [0.717, 1.165) is 26.1 Å². The fraction of sp³-hybridized carbons (Fsp3) is 1.00. The summed E-state index contributed by atoms with van der Waals surface area (Å²) in [4.78, 5) is 2.07. The first-order chi connectivity index (χ1) is 8.95. The first-order valence-corrected chi connectivity index (χ1v) is 8.52. The summed E-state index contributed by atoms with van der Waals surface area (Å²) in [6.07, 6.45) is 3.38. The fourth-order valence-electron chi connectivity index (χ4n) is 1.65. The van der Waals surface area contributed by atoms with E-state index < -0.39 is 10.2 Å². The Hall–Kier alpha value is -0.210. The first-order valence-electron chi connectivity index (χ1n) is 7.08. The molecule has 0 aromatic rings. The van der Waals surface area contributed by atoms with Crippen LogP contribution in [-0.4, -0.2) is 70.5 Å². The highest BCUT2D eigenvalue weighted by molar-refractivity contribution is 7.87. The van der Waals surface area contributed by atoms with Crippen LogP contribution in [-0.2, 0) is 10.2 Å². The summed E-state index contributed by atoms with van der Waals surface area (Å²) >= 11 is 0. The van der Waals surface area contributed by atoms with Crippen LogP contribution in [0.1, 0.15) is 26.2 Å². The Balaban J connectivity index is 2.14. The third-order valence-corrected chi connectivity index (χ3v) is 4.96. The van der Waals surface area contributed by atoms with E-state index in [1.165, 1.54) is 17.1 Å². The van der Waals surface area contributed by atoms with Crippen molar-refractivity contribution < 1.29 is 8.42 Å². The normalized spacial score (nSPS) is 16.5. The lowest BCUT2D eigenvalue weighted by atomic mass is 10.4. The molecule has 1 saturated carbocycles. The van der Waals surface area contributed by atoms with Crippen LogP contribution in [0.3, 0.4) is 0 Å². The predicted octanol–water partition coefficient (Wildman–Crippen LogP) is -0.154. The number of nitrogens with zero attached hydrogens (tertiary/aromatic N) is 2. The van der Waals surface area contributed by atoms with Gasteiger partial charge >= 0.3 is 0 Å². The van der Waals surface area contributed by atoms with Crippen molar-refractivity contribution in [1.82, 2.24) is 19.2 Å². The largest absolute Gasteiger partial charge is 0.314 e. The smallest absolute Gasteiger partial charge is 0.279 e.